The van der Waals surface area contributed by atoms with Crippen LogP contribution in [0.1, 0.15) is 11.3 Å². The van der Waals surface area contributed by atoms with E-state index < -0.39 is 0 Å². The molecule has 0 spiro atoms. The summed E-state index contributed by atoms with van der Waals surface area (Å²) in [4.78, 5) is 4.25. The number of rotatable bonds is 3. The molecule has 0 radical (unpaired) electrons. The second kappa shape index (κ2) is 4.95. The van der Waals surface area contributed by atoms with E-state index in [1.807, 2.05) is 24.3 Å². The number of aromatic nitrogens is 4. The van der Waals surface area contributed by atoms with Gasteiger partial charge in [-0.3, -0.25) is 4.98 Å². The molecule has 3 rings (SSSR count). The average molecular weight is 275 g/mol. The summed E-state index contributed by atoms with van der Waals surface area (Å²) in [5.41, 5.74) is 2.54. The van der Waals surface area contributed by atoms with Crippen LogP contribution in [0.2, 0.25) is 5.02 Å². The van der Waals surface area contributed by atoms with Crippen molar-refractivity contribution < 1.29 is 5.11 Å². The van der Waals surface area contributed by atoms with Gasteiger partial charge in [0.25, 0.3) is 0 Å². The van der Waals surface area contributed by atoms with Gasteiger partial charge in [-0.25, -0.2) is 4.68 Å². The fourth-order valence-corrected chi connectivity index (χ4v) is 2.09. The minimum atomic E-state index is -0.1000. The molecule has 0 atom stereocenters. The van der Waals surface area contributed by atoms with Gasteiger partial charge < -0.3 is 5.11 Å². The normalized spacial score (nSPS) is 11.1. The average Bonchev–Trinajstić information content (AvgIpc) is 2.86. The van der Waals surface area contributed by atoms with E-state index in [0.29, 0.717) is 17.3 Å². The first-order chi connectivity index (χ1) is 9.24. The van der Waals surface area contributed by atoms with Crippen LogP contribution in [0.4, 0.5) is 0 Å². The Kier molecular flexibility index (Phi) is 3.15. The van der Waals surface area contributed by atoms with Crippen LogP contribution >= 0.6 is 11.6 Å². The van der Waals surface area contributed by atoms with Crippen molar-refractivity contribution in [1.29, 1.82) is 0 Å². The predicted octanol–water partition coefficient (Wildman–Crippen LogP) is 2.02. The van der Waals surface area contributed by atoms with Crippen molar-refractivity contribution in [3.63, 3.8) is 0 Å². The Bertz CT molecular complexity index is 725. The molecule has 2 heterocycles. The van der Waals surface area contributed by atoms with E-state index in [0.717, 1.165) is 16.5 Å². The molecule has 0 aliphatic carbocycles. The van der Waals surface area contributed by atoms with Gasteiger partial charge in [0, 0.05) is 11.6 Å². The Labute approximate surface area is 114 Å². The molecular weight excluding hydrogens is 264 g/mol. The van der Waals surface area contributed by atoms with Crippen LogP contribution < -0.4 is 0 Å². The van der Waals surface area contributed by atoms with Crippen molar-refractivity contribution in [2.24, 2.45) is 0 Å². The van der Waals surface area contributed by atoms with Gasteiger partial charge in [-0.15, -0.1) is 5.10 Å². The number of aliphatic hydroxyl groups is 1. The molecular formula is C13H11ClN4O. The van der Waals surface area contributed by atoms with E-state index >= 15 is 0 Å². The number of benzene rings is 1. The maximum Gasteiger partial charge on any atom is 0.108 e. The Morgan fingerprint density at radius 2 is 2.16 bits per heavy atom. The standard InChI is InChI=1S/C13H11ClN4O/c14-11-4-10-3-9(1-2-13(10)15-5-11)6-18-7-12(8-19)16-17-18/h1-5,7,19H,6,8H2. The largest absolute Gasteiger partial charge is 0.390 e. The Morgan fingerprint density at radius 3 is 2.95 bits per heavy atom. The quantitative estimate of drug-likeness (QED) is 0.794. The topological polar surface area (TPSA) is 63.8 Å². The molecule has 5 nitrogen and oxygen atoms in total. The lowest BCUT2D eigenvalue weighted by molar-refractivity contribution is 0.276. The van der Waals surface area contributed by atoms with Crippen molar-refractivity contribution in [3.8, 4) is 0 Å². The number of nitrogens with zero attached hydrogens (tertiary/aromatic N) is 4. The minimum Gasteiger partial charge on any atom is -0.390 e. The van der Waals surface area contributed by atoms with Crippen molar-refractivity contribution >= 4 is 22.5 Å². The first kappa shape index (κ1) is 12.1. The first-order valence-electron chi connectivity index (χ1n) is 5.78. The van der Waals surface area contributed by atoms with Gasteiger partial charge >= 0.3 is 0 Å². The summed E-state index contributed by atoms with van der Waals surface area (Å²) < 4.78 is 1.69. The highest BCUT2D eigenvalue weighted by atomic mass is 35.5. The fourth-order valence-electron chi connectivity index (χ4n) is 1.93. The molecule has 0 amide bonds. The molecule has 0 saturated heterocycles. The highest BCUT2D eigenvalue weighted by molar-refractivity contribution is 6.31. The molecule has 1 aromatic carbocycles. The van der Waals surface area contributed by atoms with Gasteiger partial charge in [0.05, 0.1) is 29.9 Å². The van der Waals surface area contributed by atoms with Crippen molar-refractivity contribution in [3.05, 3.63) is 52.9 Å². The van der Waals surface area contributed by atoms with Crippen LogP contribution in [0.25, 0.3) is 10.9 Å². The molecule has 19 heavy (non-hydrogen) atoms. The minimum absolute atomic E-state index is 0.1000. The van der Waals surface area contributed by atoms with Crippen LogP contribution in [-0.4, -0.2) is 25.1 Å². The zero-order valence-corrected chi connectivity index (χ0v) is 10.7. The van der Waals surface area contributed by atoms with Gasteiger partial charge in [0.15, 0.2) is 0 Å². The molecule has 0 saturated carbocycles. The Morgan fingerprint density at radius 1 is 1.26 bits per heavy atom. The van der Waals surface area contributed by atoms with Gasteiger partial charge in [0.2, 0.25) is 0 Å². The van der Waals surface area contributed by atoms with Gasteiger partial charge in [-0.05, 0) is 23.8 Å². The summed E-state index contributed by atoms with van der Waals surface area (Å²) in [7, 11) is 0. The number of pyridine rings is 1. The smallest absolute Gasteiger partial charge is 0.108 e. The molecule has 0 unspecified atom stereocenters. The molecule has 3 aromatic rings. The van der Waals surface area contributed by atoms with Crippen molar-refractivity contribution in [2.45, 2.75) is 13.2 Å². The van der Waals surface area contributed by atoms with E-state index in [1.165, 1.54) is 0 Å². The van der Waals surface area contributed by atoms with E-state index in [1.54, 1.807) is 17.1 Å². The maximum absolute atomic E-state index is 8.95. The molecule has 6 heteroatoms. The summed E-state index contributed by atoms with van der Waals surface area (Å²) in [6.07, 6.45) is 3.36. The lowest BCUT2D eigenvalue weighted by Gasteiger charge is -2.03. The molecule has 1 N–H and O–H groups in total. The van der Waals surface area contributed by atoms with Crippen LogP contribution in [0.15, 0.2) is 36.7 Å². The number of aliphatic hydroxyl groups excluding tert-OH is 1. The molecule has 96 valence electrons. The fraction of sp³-hybridized carbons (Fsp3) is 0.154. The third-order valence-electron chi connectivity index (χ3n) is 2.80. The highest BCUT2D eigenvalue weighted by Crippen LogP contribution is 2.18. The summed E-state index contributed by atoms with van der Waals surface area (Å²) in [5, 5.41) is 18.3. The molecule has 0 aliphatic rings. The van der Waals surface area contributed by atoms with Gasteiger partial charge in [-0.2, -0.15) is 0 Å². The second-order valence-corrected chi connectivity index (χ2v) is 4.68. The number of hydrogen-bond acceptors (Lipinski definition) is 4. The summed E-state index contributed by atoms with van der Waals surface area (Å²) in [6.45, 7) is 0.493. The highest BCUT2D eigenvalue weighted by Gasteiger charge is 2.02. The van der Waals surface area contributed by atoms with Gasteiger partial charge in [-0.1, -0.05) is 22.9 Å². The predicted molar refractivity (Wildman–Crippen MR) is 71.8 cm³/mol. The molecule has 0 fully saturated rings. The molecule has 0 aliphatic heterocycles. The number of halogens is 1. The zero-order chi connectivity index (χ0) is 13.2. The Hall–Kier alpha value is -1.98. The monoisotopic (exact) mass is 274 g/mol. The van der Waals surface area contributed by atoms with Crippen molar-refractivity contribution in [2.75, 3.05) is 0 Å². The van der Waals surface area contributed by atoms with Gasteiger partial charge in [0.1, 0.15) is 5.69 Å². The number of fused-ring (bicyclic) bond motifs is 1. The Balaban J connectivity index is 1.92. The van der Waals surface area contributed by atoms with Crippen LogP contribution in [0.5, 0.6) is 0 Å². The van der Waals surface area contributed by atoms with Crippen LogP contribution in [0.3, 0.4) is 0 Å². The maximum atomic E-state index is 8.95. The lowest BCUT2D eigenvalue weighted by Crippen LogP contribution is -2.00. The first-order valence-corrected chi connectivity index (χ1v) is 6.16. The SMILES string of the molecule is OCc1cn(Cc2ccc3ncc(Cl)cc3c2)nn1. The van der Waals surface area contributed by atoms with E-state index in [9.17, 15) is 0 Å². The molecule has 0 bridgehead atoms. The van der Waals surface area contributed by atoms with E-state index in [4.69, 9.17) is 16.7 Å². The van der Waals surface area contributed by atoms with E-state index in [2.05, 4.69) is 15.3 Å². The van der Waals surface area contributed by atoms with Crippen LogP contribution in [0, 0.1) is 0 Å². The van der Waals surface area contributed by atoms with Crippen molar-refractivity contribution in [1.82, 2.24) is 20.0 Å². The second-order valence-electron chi connectivity index (χ2n) is 4.25. The lowest BCUT2D eigenvalue weighted by atomic mass is 10.1. The van der Waals surface area contributed by atoms with E-state index in [-0.39, 0.29) is 6.61 Å². The number of hydrogen-bond donors (Lipinski definition) is 1. The summed E-state index contributed by atoms with van der Waals surface area (Å²) in [6, 6.07) is 7.84. The zero-order valence-electron chi connectivity index (χ0n) is 9.99. The molecule has 2 aromatic heterocycles. The summed E-state index contributed by atoms with van der Waals surface area (Å²) >= 11 is 5.94. The third-order valence-corrected chi connectivity index (χ3v) is 3.01. The summed E-state index contributed by atoms with van der Waals surface area (Å²) in [5.74, 6) is 0. The third kappa shape index (κ3) is 2.57. The van der Waals surface area contributed by atoms with Crippen LogP contribution in [-0.2, 0) is 13.2 Å².